The predicted molar refractivity (Wildman–Crippen MR) is 129 cm³/mol. The SMILES string of the molecule is CC(C)COc1ccc(C(=O)NC(=S)NNC(=O)c2ccc(-c3ccccc3)cc2)cc1. The van der Waals surface area contributed by atoms with Gasteiger partial charge in [0.1, 0.15) is 5.75 Å². The molecule has 0 unspecified atom stereocenters. The number of hydrazine groups is 1. The molecule has 0 spiro atoms. The van der Waals surface area contributed by atoms with Crippen molar-refractivity contribution in [3.8, 4) is 16.9 Å². The van der Waals surface area contributed by atoms with E-state index in [0.29, 0.717) is 29.4 Å². The Bertz CT molecular complexity index is 1070. The number of carbonyl (C=O) groups is 2. The number of hydrogen-bond donors (Lipinski definition) is 3. The van der Waals surface area contributed by atoms with Crippen molar-refractivity contribution >= 4 is 29.1 Å². The standard InChI is InChI=1S/C25H25N3O3S/c1-17(2)16-31-22-14-12-20(13-15-22)23(29)26-25(32)28-27-24(30)21-10-8-19(9-11-21)18-6-4-3-5-7-18/h3-15,17H,16H2,1-2H3,(H,27,30)(H2,26,28,29,32). The molecule has 3 rings (SSSR count). The van der Waals surface area contributed by atoms with Crippen LogP contribution in [0.25, 0.3) is 11.1 Å². The van der Waals surface area contributed by atoms with Gasteiger partial charge in [-0.05, 0) is 65.7 Å². The predicted octanol–water partition coefficient (Wildman–Crippen LogP) is 4.34. The Morgan fingerprint density at radius 3 is 1.97 bits per heavy atom. The average molecular weight is 448 g/mol. The van der Waals surface area contributed by atoms with Gasteiger partial charge in [-0.3, -0.25) is 25.8 Å². The van der Waals surface area contributed by atoms with Crippen LogP contribution in [0.5, 0.6) is 5.75 Å². The Labute approximate surface area is 193 Å². The lowest BCUT2D eigenvalue weighted by molar-refractivity contribution is 0.0934. The quantitative estimate of drug-likeness (QED) is 0.387. The zero-order chi connectivity index (χ0) is 22.9. The van der Waals surface area contributed by atoms with Gasteiger partial charge in [-0.2, -0.15) is 0 Å². The molecule has 6 nitrogen and oxygen atoms in total. The van der Waals surface area contributed by atoms with Crippen LogP contribution in [0.4, 0.5) is 0 Å². The summed E-state index contributed by atoms with van der Waals surface area (Å²) in [4.78, 5) is 24.7. The highest BCUT2D eigenvalue weighted by Gasteiger charge is 2.10. The van der Waals surface area contributed by atoms with Crippen LogP contribution in [0, 0.1) is 5.92 Å². The van der Waals surface area contributed by atoms with E-state index in [9.17, 15) is 9.59 Å². The summed E-state index contributed by atoms with van der Waals surface area (Å²) in [6.07, 6.45) is 0. The number of amides is 2. The molecular formula is C25H25N3O3S. The van der Waals surface area contributed by atoms with Gasteiger partial charge in [0.05, 0.1) is 6.61 Å². The van der Waals surface area contributed by atoms with Crippen molar-refractivity contribution in [1.82, 2.24) is 16.2 Å². The van der Waals surface area contributed by atoms with Crippen LogP contribution in [0.3, 0.4) is 0 Å². The van der Waals surface area contributed by atoms with E-state index in [4.69, 9.17) is 17.0 Å². The monoisotopic (exact) mass is 447 g/mol. The third-order valence-corrected chi connectivity index (χ3v) is 4.67. The first-order valence-corrected chi connectivity index (χ1v) is 10.6. The zero-order valence-corrected chi connectivity index (χ0v) is 18.7. The van der Waals surface area contributed by atoms with Crippen molar-refractivity contribution < 1.29 is 14.3 Å². The van der Waals surface area contributed by atoms with Gasteiger partial charge in [-0.15, -0.1) is 0 Å². The number of rotatable bonds is 6. The highest BCUT2D eigenvalue weighted by atomic mass is 32.1. The molecule has 3 aromatic rings. The number of thiocarbonyl (C=S) groups is 1. The molecule has 0 saturated carbocycles. The molecule has 32 heavy (non-hydrogen) atoms. The minimum Gasteiger partial charge on any atom is -0.493 e. The molecule has 0 atom stereocenters. The van der Waals surface area contributed by atoms with E-state index >= 15 is 0 Å². The Morgan fingerprint density at radius 1 is 0.781 bits per heavy atom. The molecule has 0 radical (unpaired) electrons. The first kappa shape index (κ1) is 23.0. The van der Waals surface area contributed by atoms with Crippen molar-refractivity contribution in [2.45, 2.75) is 13.8 Å². The van der Waals surface area contributed by atoms with E-state index in [0.717, 1.165) is 11.1 Å². The van der Waals surface area contributed by atoms with Crippen LogP contribution in [-0.4, -0.2) is 23.5 Å². The first-order chi connectivity index (χ1) is 15.4. The summed E-state index contributed by atoms with van der Waals surface area (Å²) in [6.45, 7) is 4.73. The summed E-state index contributed by atoms with van der Waals surface area (Å²) in [5, 5.41) is 2.52. The molecule has 0 fully saturated rings. The topological polar surface area (TPSA) is 79.5 Å². The van der Waals surface area contributed by atoms with Gasteiger partial charge in [0, 0.05) is 11.1 Å². The van der Waals surface area contributed by atoms with Crippen LogP contribution in [0.15, 0.2) is 78.9 Å². The van der Waals surface area contributed by atoms with E-state index in [2.05, 4.69) is 30.0 Å². The van der Waals surface area contributed by atoms with E-state index in [-0.39, 0.29) is 16.9 Å². The summed E-state index contributed by atoms with van der Waals surface area (Å²) >= 11 is 5.10. The van der Waals surface area contributed by atoms with Gasteiger partial charge in [0.15, 0.2) is 5.11 Å². The van der Waals surface area contributed by atoms with Crippen LogP contribution in [-0.2, 0) is 0 Å². The summed E-state index contributed by atoms with van der Waals surface area (Å²) in [5.74, 6) is 0.354. The molecule has 7 heteroatoms. The van der Waals surface area contributed by atoms with Gasteiger partial charge < -0.3 is 4.74 Å². The molecule has 0 saturated heterocycles. The molecule has 0 bridgehead atoms. The zero-order valence-electron chi connectivity index (χ0n) is 17.9. The fourth-order valence-corrected chi connectivity index (χ4v) is 2.95. The second kappa shape index (κ2) is 11.1. The van der Waals surface area contributed by atoms with Crippen LogP contribution >= 0.6 is 12.2 Å². The number of benzene rings is 3. The fraction of sp³-hybridized carbons (Fsp3) is 0.160. The second-order valence-corrected chi connectivity index (χ2v) is 7.94. The molecule has 0 heterocycles. The van der Waals surface area contributed by atoms with Crippen molar-refractivity contribution in [2.24, 2.45) is 5.92 Å². The van der Waals surface area contributed by atoms with E-state index in [1.54, 1.807) is 36.4 Å². The number of hydrogen-bond acceptors (Lipinski definition) is 4. The molecule has 3 N–H and O–H groups in total. The van der Waals surface area contributed by atoms with Gasteiger partial charge >= 0.3 is 0 Å². The maximum atomic E-state index is 12.3. The third kappa shape index (κ3) is 6.65. The molecule has 0 aliphatic carbocycles. The van der Waals surface area contributed by atoms with Crippen LogP contribution in [0.2, 0.25) is 0 Å². The first-order valence-electron chi connectivity index (χ1n) is 10.2. The van der Waals surface area contributed by atoms with Gasteiger partial charge in [-0.1, -0.05) is 56.3 Å². The molecule has 2 amide bonds. The summed E-state index contributed by atoms with van der Waals surface area (Å²) in [6, 6.07) is 23.9. The third-order valence-electron chi connectivity index (χ3n) is 4.47. The van der Waals surface area contributed by atoms with Crippen molar-refractivity contribution in [1.29, 1.82) is 0 Å². The second-order valence-electron chi connectivity index (χ2n) is 7.53. The Hall–Kier alpha value is -3.71. The summed E-state index contributed by atoms with van der Waals surface area (Å²) in [7, 11) is 0. The van der Waals surface area contributed by atoms with Crippen molar-refractivity contribution in [2.75, 3.05) is 6.61 Å². The maximum Gasteiger partial charge on any atom is 0.269 e. The van der Waals surface area contributed by atoms with Crippen LogP contribution in [0.1, 0.15) is 34.6 Å². The van der Waals surface area contributed by atoms with E-state index in [1.165, 1.54) is 0 Å². The highest BCUT2D eigenvalue weighted by molar-refractivity contribution is 7.80. The molecule has 0 aromatic heterocycles. The molecule has 0 aliphatic heterocycles. The highest BCUT2D eigenvalue weighted by Crippen LogP contribution is 2.19. The van der Waals surface area contributed by atoms with E-state index in [1.807, 2.05) is 42.5 Å². The van der Waals surface area contributed by atoms with Crippen LogP contribution < -0.4 is 20.9 Å². The molecular weight excluding hydrogens is 422 g/mol. The molecule has 3 aromatic carbocycles. The number of ether oxygens (including phenoxy) is 1. The molecule has 0 aliphatic rings. The largest absolute Gasteiger partial charge is 0.493 e. The van der Waals surface area contributed by atoms with E-state index < -0.39 is 0 Å². The summed E-state index contributed by atoms with van der Waals surface area (Å²) < 4.78 is 5.61. The minimum atomic E-state index is -0.389. The Balaban J connectivity index is 1.47. The Kier molecular flexibility index (Phi) is 7.94. The Morgan fingerprint density at radius 2 is 1.34 bits per heavy atom. The normalized spacial score (nSPS) is 10.3. The van der Waals surface area contributed by atoms with Gasteiger partial charge in [0.25, 0.3) is 11.8 Å². The van der Waals surface area contributed by atoms with Crippen molar-refractivity contribution in [3.63, 3.8) is 0 Å². The molecule has 164 valence electrons. The lowest BCUT2D eigenvalue weighted by Crippen LogP contribution is -2.48. The number of carbonyl (C=O) groups excluding carboxylic acids is 2. The van der Waals surface area contributed by atoms with Gasteiger partial charge in [0.2, 0.25) is 0 Å². The van der Waals surface area contributed by atoms with Crippen molar-refractivity contribution in [3.05, 3.63) is 90.0 Å². The maximum absolute atomic E-state index is 12.3. The fourth-order valence-electron chi connectivity index (χ4n) is 2.80. The smallest absolute Gasteiger partial charge is 0.269 e. The lowest BCUT2D eigenvalue weighted by Gasteiger charge is -2.12. The average Bonchev–Trinajstić information content (AvgIpc) is 2.82. The van der Waals surface area contributed by atoms with Gasteiger partial charge in [-0.25, -0.2) is 0 Å². The lowest BCUT2D eigenvalue weighted by atomic mass is 10.0. The number of nitrogens with one attached hydrogen (secondary N) is 3. The summed E-state index contributed by atoms with van der Waals surface area (Å²) in [5.41, 5.74) is 8.00. The minimum absolute atomic E-state index is 0.00982.